The Hall–Kier alpha value is -3.29. The van der Waals surface area contributed by atoms with Crippen LogP contribution in [0.1, 0.15) is 0 Å². The van der Waals surface area contributed by atoms with Crippen LogP contribution >= 0.6 is 23.2 Å². The van der Waals surface area contributed by atoms with Crippen LogP contribution in [0.4, 0.5) is 23.1 Å². The van der Waals surface area contributed by atoms with Gasteiger partial charge in [-0.25, -0.2) is 0 Å². The molecule has 0 unspecified atom stereocenters. The lowest BCUT2D eigenvalue weighted by molar-refractivity contribution is 0.888. The molecular formula is C20H16Cl2N6O. The first-order valence-corrected chi connectivity index (χ1v) is 9.35. The maximum Gasteiger partial charge on any atom is 0.259 e. The molecule has 29 heavy (non-hydrogen) atoms. The molecule has 0 spiro atoms. The second-order valence-electron chi connectivity index (χ2n) is 6.44. The smallest absolute Gasteiger partial charge is 0.259 e. The molecule has 7 nitrogen and oxygen atoms in total. The third kappa shape index (κ3) is 3.46. The zero-order chi connectivity index (χ0) is 20.7. The van der Waals surface area contributed by atoms with Crippen molar-refractivity contribution < 1.29 is 0 Å². The molecule has 0 amide bonds. The number of fused-ring (bicyclic) bond motifs is 1. The minimum atomic E-state index is -0.302. The number of nitrogens with one attached hydrogen (secondary N) is 1. The number of nitrogens with zero attached hydrogens (tertiary/aromatic N) is 3. The molecule has 0 fully saturated rings. The molecule has 4 rings (SSSR count). The second kappa shape index (κ2) is 7.27. The van der Waals surface area contributed by atoms with Crippen LogP contribution < -0.4 is 22.3 Å². The molecule has 0 aliphatic carbocycles. The Bertz CT molecular complexity index is 1280. The number of pyridine rings is 1. The summed E-state index contributed by atoms with van der Waals surface area (Å²) >= 11 is 12.6. The first kappa shape index (κ1) is 19.0. The fraction of sp³-hybridized carbons (Fsp3) is 0.0500. The Morgan fingerprint density at radius 2 is 1.66 bits per heavy atom. The van der Waals surface area contributed by atoms with E-state index >= 15 is 0 Å². The van der Waals surface area contributed by atoms with E-state index in [0.29, 0.717) is 37.9 Å². The van der Waals surface area contributed by atoms with Crippen molar-refractivity contribution in [3.05, 3.63) is 68.9 Å². The minimum absolute atomic E-state index is 0.216. The number of hydrogen-bond acceptors (Lipinski definition) is 6. The Labute approximate surface area is 175 Å². The topological polar surface area (TPSA) is 112 Å². The highest BCUT2D eigenvalue weighted by Gasteiger charge is 2.18. The van der Waals surface area contributed by atoms with E-state index in [2.05, 4.69) is 15.3 Å². The van der Waals surface area contributed by atoms with Gasteiger partial charge in [0.05, 0.1) is 21.0 Å². The summed E-state index contributed by atoms with van der Waals surface area (Å²) in [6.45, 7) is 0. The van der Waals surface area contributed by atoms with Crippen molar-refractivity contribution in [1.82, 2.24) is 14.5 Å². The van der Waals surface area contributed by atoms with Gasteiger partial charge in [0.2, 0.25) is 5.95 Å². The largest absolute Gasteiger partial charge is 0.399 e. The fourth-order valence-corrected chi connectivity index (χ4v) is 3.64. The van der Waals surface area contributed by atoms with E-state index in [1.54, 1.807) is 55.6 Å². The number of anilines is 4. The van der Waals surface area contributed by atoms with E-state index < -0.39 is 0 Å². The quantitative estimate of drug-likeness (QED) is 0.423. The Kier molecular flexibility index (Phi) is 4.77. The Morgan fingerprint density at radius 3 is 2.31 bits per heavy atom. The minimum Gasteiger partial charge on any atom is -0.399 e. The first-order chi connectivity index (χ1) is 13.8. The Morgan fingerprint density at radius 1 is 1.00 bits per heavy atom. The Balaban J connectivity index is 1.88. The van der Waals surface area contributed by atoms with Crippen molar-refractivity contribution in [1.29, 1.82) is 0 Å². The zero-order valence-corrected chi connectivity index (χ0v) is 16.8. The van der Waals surface area contributed by atoms with Crippen LogP contribution in [-0.4, -0.2) is 14.5 Å². The van der Waals surface area contributed by atoms with Crippen molar-refractivity contribution in [3.8, 4) is 11.1 Å². The van der Waals surface area contributed by atoms with E-state index in [1.807, 2.05) is 0 Å². The van der Waals surface area contributed by atoms with Crippen LogP contribution in [0, 0.1) is 0 Å². The van der Waals surface area contributed by atoms with E-state index in [0.717, 1.165) is 5.69 Å². The molecule has 4 aromatic rings. The normalized spacial score (nSPS) is 11.0. The summed E-state index contributed by atoms with van der Waals surface area (Å²) in [6.07, 6.45) is 0. The van der Waals surface area contributed by atoms with E-state index in [4.69, 9.17) is 34.7 Å². The second-order valence-corrected chi connectivity index (χ2v) is 7.25. The van der Waals surface area contributed by atoms with Crippen molar-refractivity contribution in [3.63, 3.8) is 0 Å². The summed E-state index contributed by atoms with van der Waals surface area (Å²) < 4.78 is 1.40. The number of nitrogens with two attached hydrogens (primary N) is 2. The van der Waals surface area contributed by atoms with Gasteiger partial charge in [-0.15, -0.1) is 0 Å². The van der Waals surface area contributed by atoms with E-state index in [9.17, 15) is 4.79 Å². The van der Waals surface area contributed by atoms with Gasteiger partial charge in [0.15, 0.2) is 0 Å². The number of benzene rings is 2. The zero-order valence-electron chi connectivity index (χ0n) is 15.3. The van der Waals surface area contributed by atoms with Crippen molar-refractivity contribution in [2.45, 2.75) is 0 Å². The van der Waals surface area contributed by atoms with Gasteiger partial charge < -0.3 is 16.8 Å². The number of hydrogen-bond donors (Lipinski definition) is 3. The lowest BCUT2D eigenvalue weighted by Gasteiger charge is -2.13. The summed E-state index contributed by atoms with van der Waals surface area (Å²) in [5.74, 6) is 0.478. The summed E-state index contributed by atoms with van der Waals surface area (Å²) in [6, 6.07) is 13.8. The maximum atomic E-state index is 13.0. The van der Waals surface area contributed by atoms with Gasteiger partial charge in [-0.2, -0.15) is 9.97 Å². The van der Waals surface area contributed by atoms with Gasteiger partial charge in [-0.1, -0.05) is 29.3 Å². The molecule has 9 heteroatoms. The van der Waals surface area contributed by atoms with Crippen LogP contribution in [-0.2, 0) is 7.05 Å². The average Bonchev–Trinajstić information content (AvgIpc) is 2.68. The fourth-order valence-electron chi connectivity index (χ4n) is 3.04. The standard InChI is InChI=1S/C20H16Cl2N6O/c1-28-18-13(9-12(19(28)29)16-14(21)3-2-4-15(16)22)17(24)26-20(27-18)25-11-7-5-10(23)6-8-11/h2-9H,23H2,1H3,(H3,24,25,26,27). The lowest BCUT2D eigenvalue weighted by Crippen LogP contribution is -2.21. The molecule has 0 radical (unpaired) electrons. The molecule has 0 aliphatic rings. The van der Waals surface area contributed by atoms with Crippen molar-refractivity contribution in [2.75, 3.05) is 16.8 Å². The number of halogens is 2. The highest BCUT2D eigenvalue weighted by Crippen LogP contribution is 2.34. The monoisotopic (exact) mass is 426 g/mol. The van der Waals surface area contributed by atoms with Gasteiger partial charge in [0, 0.05) is 24.0 Å². The van der Waals surface area contributed by atoms with Crippen LogP contribution in [0.5, 0.6) is 0 Å². The predicted octanol–water partition coefficient (Wildman–Crippen LogP) is 4.21. The molecule has 0 saturated carbocycles. The van der Waals surface area contributed by atoms with Crippen LogP contribution in [0.2, 0.25) is 10.0 Å². The van der Waals surface area contributed by atoms with Crippen molar-refractivity contribution >= 4 is 57.4 Å². The van der Waals surface area contributed by atoms with E-state index in [1.165, 1.54) is 4.57 Å². The molecular weight excluding hydrogens is 411 g/mol. The van der Waals surface area contributed by atoms with Gasteiger partial charge in [0.25, 0.3) is 5.56 Å². The van der Waals surface area contributed by atoms with Gasteiger partial charge in [0.1, 0.15) is 11.5 Å². The molecule has 2 heterocycles. The lowest BCUT2D eigenvalue weighted by atomic mass is 10.1. The summed E-state index contributed by atoms with van der Waals surface area (Å²) in [5, 5.41) is 4.32. The third-order valence-corrected chi connectivity index (χ3v) is 5.13. The molecule has 5 N–H and O–H groups in total. The number of nitrogen functional groups attached to an aromatic ring is 2. The van der Waals surface area contributed by atoms with Gasteiger partial charge in [-0.3, -0.25) is 9.36 Å². The van der Waals surface area contributed by atoms with E-state index in [-0.39, 0.29) is 17.3 Å². The van der Waals surface area contributed by atoms with Crippen molar-refractivity contribution in [2.24, 2.45) is 7.05 Å². The molecule has 146 valence electrons. The molecule has 0 atom stereocenters. The van der Waals surface area contributed by atoms with Gasteiger partial charge in [-0.05, 0) is 42.5 Å². The average molecular weight is 427 g/mol. The highest BCUT2D eigenvalue weighted by molar-refractivity contribution is 6.39. The summed E-state index contributed by atoms with van der Waals surface area (Å²) in [4.78, 5) is 21.8. The number of aromatic nitrogens is 3. The molecule has 0 aliphatic heterocycles. The summed E-state index contributed by atoms with van der Waals surface area (Å²) in [5.41, 5.74) is 14.1. The highest BCUT2D eigenvalue weighted by atomic mass is 35.5. The van der Waals surface area contributed by atoms with Crippen LogP contribution in [0.3, 0.4) is 0 Å². The predicted molar refractivity (Wildman–Crippen MR) is 119 cm³/mol. The molecule has 2 aromatic heterocycles. The van der Waals surface area contributed by atoms with Gasteiger partial charge >= 0.3 is 0 Å². The molecule has 2 aromatic carbocycles. The third-order valence-electron chi connectivity index (χ3n) is 4.50. The van der Waals surface area contributed by atoms with Crippen LogP contribution in [0.15, 0.2) is 53.3 Å². The molecule has 0 bridgehead atoms. The van der Waals surface area contributed by atoms with Crippen LogP contribution in [0.25, 0.3) is 22.2 Å². The maximum absolute atomic E-state index is 13.0. The summed E-state index contributed by atoms with van der Waals surface area (Å²) in [7, 11) is 1.61. The molecule has 0 saturated heterocycles. The first-order valence-electron chi connectivity index (χ1n) is 8.59. The number of rotatable bonds is 3. The SMILES string of the molecule is Cn1c(=O)c(-c2c(Cl)cccc2Cl)cc2c(N)nc(Nc3ccc(N)cc3)nc21. The number of aryl methyl sites for hydroxylation is 1.